The van der Waals surface area contributed by atoms with Crippen molar-refractivity contribution in [3.05, 3.63) is 35.4 Å². The third-order valence-electron chi connectivity index (χ3n) is 6.73. The van der Waals surface area contributed by atoms with Gasteiger partial charge < -0.3 is 10.1 Å². The molecule has 1 aromatic heterocycles. The van der Waals surface area contributed by atoms with Gasteiger partial charge in [-0.1, -0.05) is 19.3 Å². The number of ether oxygens (including phenoxy) is 1. The highest BCUT2D eigenvalue weighted by Crippen LogP contribution is 2.54. The summed E-state index contributed by atoms with van der Waals surface area (Å²) in [6, 6.07) is 1.98. The van der Waals surface area contributed by atoms with E-state index in [4.69, 9.17) is 4.74 Å². The van der Waals surface area contributed by atoms with Crippen molar-refractivity contribution in [3.8, 4) is 11.4 Å². The summed E-state index contributed by atoms with van der Waals surface area (Å²) in [5.41, 5.74) is 2.89. The van der Waals surface area contributed by atoms with Gasteiger partial charge >= 0.3 is 0 Å². The molecule has 2 fully saturated rings. The molecular weight excluding hydrogens is 343 g/mol. The van der Waals surface area contributed by atoms with Crippen LogP contribution < -0.4 is 10.1 Å². The zero-order chi connectivity index (χ0) is 18.6. The fourth-order valence-electron chi connectivity index (χ4n) is 5.09. The number of nitrogens with zero attached hydrogens (tertiary/aromatic N) is 3. The summed E-state index contributed by atoms with van der Waals surface area (Å²) in [5.74, 6) is 1.62. The standard InChI is InChI=1S/C21H25FN4O/c1-23-20-21(8-5-9-21)15-10-16(27-2)19(17(22)18(15)25-20)26-12-14(11-24-26)13-6-3-4-7-13/h10-13H,3-9H2,1-2H3,(H,23,25). The summed E-state index contributed by atoms with van der Waals surface area (Å²) in [4.78, 5) is 4.41. The lowest BCUT2D eigenvalue weighted by Gasteiger charge is -2.38. The van der Waals surface area contributed by atoms with Crippen LogP contribution in [-0.2, 0) is 5.41 Å². The third kappa shape index (κ3) is 2.28. The van der Waals surface area contributed by atoms with Gasteiger partial charge in [0.2, 0.25) is 0 Å². The van der Waals surface area contributed by atoms with Crippen LogP contribution in [0.1, 0.15) is 62.0 Å². The molecule has 1 aliphatic heterocycles. The maximum absolute atomic E-state index is 15.6. The van der Waals surface area contributed by atoms with Crippen LogP contribution in [0.25, 0.3) is 5.69 Å². The largest absolute Gasteiger partial charge is 0.494 e. The average Bonchev–Trinajstić information content (AvgIpc) is 3.37. The number of nitrogens with one attached hydrogen (secondary N) is 1. The molecule has 5 nitrogen and oxygen atoms in total. The van der Waals surface area contributed by atoms with E-state index >= 15 is 4.39 Å². The van der Waals surface area contributed by atoms with Crippen LogP contribution in [0.15, 0.2) is 23.5 Å². The Morgan fingerprint density at radius 3 is 2.70 bits per heavy atom. The first kappa shape index (κ1) is 16.8. The molecule has 2 heterocycles. The Hall–Kier alpha value is -2.37. The summed E-state index contributed by atoms with van der Waals surface area (Å²) < 4.78 is 22.9. The highest BCUT2D eigenvalue weighted by molar-refractivity contribution is 6.11. The summed E-state index contributed by atoms with van der Waals surface area (Å²) in [5, 5.41) is 7.72. The first-order valence-corrected chi connectivity index (χ1v) is 9.88. The van der Waals surface area contributed by atoms with Gasteiger partial charge in [0.15, 0.2) is 5.82 Å². The van der Waals surface area contributed by atoms with E-state index in [0.717, 1.165) is 30.7 Å². The minimum absolute atomic E-state index is 0.171. The van der Waals surface area contributed by atoms with E-state index in [9.17, 15) is 0 Å². The maximum Gasteiger partial charge on any atom is 0.176 e. The quantitative estimate of drug-likeness (QED) is 0.864. The van der Waals surface area contributed by atoms with Gasteiger partial charge in [-0.2, -0.15) is 5.10 Å². The molecule has 0 atom stereocenters. The predicted octanol–water partition coefficient (Wildman–Crippen LogP) is 4.55. The average molecular weight is 368 g/mol. The SMILES string of the molecule is CN=C1Nc2c(cc(OC)c(-n3cc(C4CCCC4)cn3)c2F)C12CCC2. The molecule has 2 saturated carbocycles. The van der Waals surface area contributed by atoms with Gasteiger partial charge in [0, 0.05) is 13.2 Å². The lowest BCUT2D eigenvalue weighted by atomic mass is 9.65. The zero-order valence-electron chi connectivity index (χ0n) is 15.9. The second-order valence-corrected chi connectivity index (χ2v) is 8.00. The van der Waals surface area contributed by atoms with Gasteiger partial charge in [-0.25, -0.2) is 9.07 Å². The van der Waals surface area contributed by atoms with Crippen LogP contribution in [0, 0.1) is 5.82 Å². The second kappa shape index (κ2) is 6.08. The highest BCUT2D eigenvalue weighted by Gasteiger charge is 2.50. The van der Waals surface area contributed by atoms with Crippen molar-refractivity contribution in [2.45, 2.75) is 56.3 Å². The Kier molecular flexibility index (Phi) is 3.78. The van der Waals surface area contributed by atoms with Gasteiger partial charge in [-0.15, -0.1) is 0 Å². The monoisotopic (exact) mass is 368 g/mol. The van der Waals surface area contributed by atoms with Crippen molar-refractivity contribution in [2.24, 2.45) is 4.99 Å². The van der Waals surface area contributed by atoms with E-state index in [1.165, 1.54) is 31.2 Å². The van der Waals surface area contributed by atoms with Crippen molar-refractivity contribution in [1.29, 1.82) is 0 Å². The van der Waals surface area contributed by atoms with Gasteiger partial charge in [-0.3, -0.25) is 4.99 Å². The van der Waals surface area contributed by atoms with Crippen molar-refractivity contribution in [2.75, 3.05) is 19.5 Å². The van der Waals surface area contributed by atoms with E-state index in [-0.39, 0.29) is 11.2 Å². The minimum atomic E-state index is -0.310. The molecule has 1 N–H and O–H groups in total. The molecule has 0 unspecified atom stereocenters. The smallest absolute Gasteiger partial charge is 0.176 e. The molecule has 1 aromatic carbocycles. The Bertz CT molecular complexity index is 923. The van der Waals surface area contributed by atoms with Gasteiger partial charge in [-0.05, 0) is 48.8 Å². The third-order valence-corrected chi connectivity index (χ3v) is 6.73. The number of hydrogen-bond acceptors (Lipinski definition) is 3. The van der Waals surface area contributed by atoms with Gasteiger partial charge in [0.1, 0.15) is 17.3 Å². The Labute approximate surface area is 158 Å². The Morgan fingerprint density at radius 2 is 2.07 bits per heavy atom. The topological polar surface area (TPSA) is 51.4 Å². The molecular formula is C21H25FN4O. The summed E-state index contributed by atoms with van der Waals surface area (Å²) in [7, 11) is 3.36. The first-order valence-electron chi connectivity index (χ1n) is 9.88. The second-order valence-electron chi connectivity index (χ2n) is 8.00. The van der Waals surface area contributed by atoms with Gasteiger partial charge in [0.25, 0.3) is 0 Å². The fourth-order valence-corrected chi connectivity index (χ4v) is 5.09. The molecule has 0 amide bonds. The molecule has 5 rings (SSSR count). The predicted molar refractivity (Wildman–Crippen MR) is 104 cm³/mol. The molecule has 0 radical (unpaired) electrons. The lowest BCUT2D eigenvalue weighted by molar-refractivity contribution is 0.343. The first-order chi connectivity index (χ1) is 13.2. The Balaban J connectivity index is 1.63. The van der Waals surface area contributed by atoms with Crippen LogP contribution in [0.3, 0.4) is 0 Å². The summed E-state index contributed by atoms with van der Waals surface area (Å²) in [6.07, 6.45) is 11.9. The Morgan fingerprint density at radius 1 is 1.30 bits per heavy atom. The number of amidine groups is 1. The molecule has 3 aliphatic rings. The molecule has 1 spiro atoms. The highest BCUT2D eigenvalue weighted by atomic mass is 19.1. The molecule has 142 valence electrons. The fraction of sp³-hybridized carbons (Fsp3) is 0.524. The summed E-state index contributed by atoms with van der Waals surface area (Å²) >= 11 is 0. The number of aliphatic imine (C=N–C) groups is 1. The van der Waals surface area contributed by atoms with Crippen LogP contribution in [0.4, 0.5) is 10.1 Å². The summed E-state index contributed by atoms with van der Waals surface area (Å²) in [6.45, 7) is 0. The molecule has 2 aliphatic carbocycles. The van der Waals surface area contributed by atoms with E-state index < -0.39 is 0 Å². The van der Waals surface area contributed by atoms with Crippen LogP contribution >= 0.6 is 0 Å². The number of halogens is 1. The molecule has 2 aromatic rings. The van der Waals surface area contributed by atoms with Crippen molar-refractivity contribution in [1.82, 2.24) is 9.78 Å². The van der Waals surface area contributed by atoms with E-state index in [1.807, 2.05) is 18.5 Å². The normalized spacial score (nSPS) is 22.1. The number of benzene rings is 1. The van der Waals surface area contributed by atoms with E-state index in [2.05, 4.69) is 15.4 Å². The van der Waals surface area contributed by atoms with Crippen molar-refractivity contribution >= 4 is 11.5 Å². The van der Waals surface area contributed by atoms with Crippen LogP contribution in [0.2, 0.25) is 0 Å². The molecule has 0 bridgehead atoms. The molecule has 27 heavy (non-hydrogen) atoms. The number of aromatic nitrogens is 2. The van der Waals surface area contributed by atoms with Crippen molar-refractivity contribution in [3.63, 3.8) is 0 Å². The lowest BCUT2D eigenvalue weighted by Crippen LogP contribution is -2.41. The van der Waals surface area contributed by atoms with Crippen molar-refractivity contribution < 1.29 is 9.13 Å². The van der Waals surface area contributed by atoms with Gasteiger partial charge in [0.05, 0.1) is 24.4 Å². The number of methoxy groups -OCH3 is 1. The van der Waals surface area contributed by atoms with Crippen LogP contribution in [0.5, 0.6) is 5.75 Å². The zero-order valence-corrected chi connectivity index (χ0v) is 15.9. The van der Waals surface area contributed by atoms with E-state index in [0.29, 0.717) is 23.0 Å². The number of rotatable bonds is 3. The molecule has 0 saturated heterocycles. The number of fused-ring (bicyclic) bond motifs is 2. The van der Waals surface area contributed by atoms with Crippen LogP contribution in [-0.4, -0.2) is 29.8 Å². The van der Waals surface area contributed by atoms with E-state index in [1.54, 1.807) is 18.8 Å². The number of hydrogen-bond donors (Lipinski definition) is 1. The maximum atomic E-state index is 15.6. The number of anilines is 1. The molecule has 6 heteroatoms. The minimum Gasteiger partial charge on any atom is -0.494 e.